The van der Waals surface area contributed by atoms with Crippen LogP contribution in [0.1, 0.15) is 11.8 Å². The van der Waals surface area contributed by atoms with Gasteiger partial charge in [-0.2, -0.15) is 0 Å². The van der Waals surface area contributed by atoms with E-state index in [1.165, 1.54) is 4.88 Å². The van der Waals surface area contributed by atoms with Crippen LogP contribution in [-0.2, 0) is 6.54 Å². The second-order valence-corrected chi connectivity index (χ2v) is 4.94. The largest absolute Gasteiger partial charge is 0.496 e. The molecule has 0 spiro atoms. The van der Waals surface area contributed by atoms with Crippen LogP contribution >= 0.6 is 11.3 Å². The fourth-order valence-corrected chi connectivity index (χ4v) is 2.79. The van der Waals surface area contributed by atoms with Crippen molar-refractivity contribution in [3.63, 3.8) is 0 Å². The third-order valence-corrected chi connectivity index (χ3v) is 3.80. The number of piperazine rings is 1. The summed E-state index contributed by atoms with van der Waals surface area (Å²) in [4.78, 5) is 3.84. The van der Waals surface area contributed by atoms with E-state index in [4.69, 9.17) is 4.74 Å². The molecule has 1 aliphatic heterocycles. The quantitative estimate of drug-likeness (QED) is 0.846. The molecule has 1 aliphatic rings. The number of hydrogen-bond donors (Lipinski definition) is 1. The highest BCUT2D eigenvalue weighted by Crippen LogP contribution is 2.26. The minimum Gasteiger partial charge on any atom is -0.496 e. The highest BCUT2D eigenvalue weighted by atomic mass is 32.1. The Morgan fingerprint density at radius 1 is 1.67 bits per heavy atom. The summed E-state index contributed by atoms with van der Waals surface area (Å²) in [6.45, 7) is 6.60. The minimum absolute atomic E-state index is 0.616. The Bertz CT molecular complexity index is 313. The second kappa shape index (κ2) is 4.96. The summed E-state index contributed by atoms with van der Waals surface area (Å²) in [6, 6.07) is 2.66. The lowest BCUT2D eigenvalue weighted by Crippen LogP contribution is -2.49. The maximum absolute atomic E-state index is 5.33. The van der Waals surface area contributed by atoms with Gasteiger partial charge in [0, 0.05) is 32.2 Å². The molecule has 0 amide bonds. The summed E-state index contributed by atoms with van der Waals surface area (Å²) in [5, 5.41) is 5.50. The van der Waals surface area contributed by atoms with Crippen molar-refractivity contribution in [1.29, 1.82) is 0 Å². The van der Waals surface area contributed by atoms with Crippen LogP contribution in [0.25, 0.3) is 0 Å². The normalized spacial score (nSPS) is 22.9. The van der Waals surface area contributed by atoms with Gasteiger partial charge in [-0.15, -0.1) is 11.3 Å². The van der Waals surface area contributed by atoms with E-state index in [0.717, 1.165) is 31.9 Å². The van der Waals surface area contributed by atoms with Crippen molar-refractivity contribution < 1.29 is 4.74 Å². The first-order chi connectivity index (χ1) is 7.31. The van der Waals surface area contributed by atoms with Gasteiger partial charge in [-0.05, 0) is 18.4 Å². The fraction of sp³-hybridized carbons (Fsp3) is 0.636. The molecule has 1 N–H and O–H groups in total. The van der Waals surface area contributed by atoms with Gasteiger partial charge in [0.05, 0.1) is 12.0 Å². The maximum Gasteiger partial charge on any atom is 0.134 e. The van der Waals surface area contributed by atoms with Gasteiger partial charge >= 0.3 is 0 Å². The van der Waals surface area contributed by atoms with Gasteiger partial charge in [-0.3, -0.25) is 4.90 Å². The topological polar surface area (TPSA) is 24.5 Å². The Balaban J connectivity index is 2.01. The first kappa shape index (κ1) is 10.9. The van der Waals surface area contributed by atoms with E-state index in [-0.39, 0.29) is 0 Å². The number of thiophene rings is 1. The fourth-order valence-electron chi connectivity index (χ4n) is 1.93. The van der Waals surface area contributed by atoms with E-state index in [9.17, 15) is 0 Å². The Hall–Kier alpha value is -0.580. The summed E-state index contributed by atoms with van der Waals surface area (Å²) in [7, 11) is 1.74. The van der Waals surface area contributed by atoms with Gasteiger partial charge in [0.25, 0.3) is 0 Å². The monoisotopic (exact) mass is 226 g/mol. The molecule has 1 atom stereocenters. The van der Waals surface area contributed by atoms with Crippen molar-refractivity contribution in [3.8, 4) is 5.75 Å². The van der Waals surface area contributed by atoms with Crippen LogP contribution in [0, 0.1) is 0 Å². The van der Waals surface area contributed by atoms with Crippen LogP contribution in [0.2, 0.25) is 0 Å². The van der Waals surface area contributed by atoms with E-state index >= 15 is 0 Å². The Labute approximate surface area is 95.0 Å². The summed E-state index contributed by atoms with van der Waals surface area (Å²) in [5.74, 6) is 1.03. The van der Waals surface area contributed by atoms with E-state index in [2.05, 4.69) is 22.5 Å². The van der Waals surface area contributed by atoms with E-state index in [0.29, 0.717) is 6.04 Å². The van der Waals surface area contributed by atoms with Gasteiger partial charge in [-0.1, -0.05) is 0 Å². The summed E-state index contributed by atoms with van der Waals surface area (Å²) < 4.78 is 5.33. The smallest absolute Gasteiger partial charge is 0.134 e. The molecule has 1 saturated heterocycles. The first-order valence-electron chi connectivity index (χ1n) is 5.36. The van der Waals surface area contributed by atoms with Crippen LogP contribution in [0.3, 0.4) is 0 Å². The molecule has 15 heavy (non-hydrogen) atoms. The van der Waals surface area contributed by atoms with Crippen LogP contribution in [0.15, 0.2) is 11.4 Å². The predicted octanol–water partition coefficient (Wildman–Crippen LogP) is 1.55. The van der Waals surface area contributed by atoms with Crippen molar-refractivity contribution in [1.82, 2.24) is 10.2 Å². The molecule has 1 aromatic rings. The van der Waals surface area contributed by atoms with Crippen molar-refractivity contribution in [2.75, 3.05) is 26.7 Å². The molecule has 1 fully saturated rings. The molecule has 3 nitrogen and oxygen atoms in total. The maximum atomic E-state index is 5.33. The third kappa shape index (κ3) is 2.51. The molecule has 0 saturated carbocycles. The molecule has 0 unspecified atom stereocenters. The highest BCUT2D eigenvalue weighted by molar-refractivity contribution is 7.10. The number of ether oxygens (including phenoxy) is 1. The molecule has 0 aliphatic carbocycles. The number of nitrogens with zero attached hydrogens (tertiary/aromatic N) is 1. The molecular formula is C11H18N2OS. The van der Waals surface area contributed by atoms with E-state index < -0.39 is 0 Å². The van der Waals surface area contributed by atoms with Crippen molar-refractivity contribution in [2.45, 2.75) is 19.5 Å². The average molecular weight is 226 g/mol. The molecule has 2 heterocycles. The van der Waals surface area contributed by atoms with Crippen molar-refractivity contribution >= 4 is 11.3 Å². The second-order valence-electron chi connectivity index (χ2n) is 3.94. The Morgan fingerprint density at radius 2 is 2.53 bits per heavy atom. The molecule has 4 heteroatoms. The van der Waals surface area contributed by atoms with Crippen molar-refractivity contribution in [2.24, 2.45) is 0 Å². The molecule has 0 aromatic carbocycles. The molecule has 2 rings (SSSR count). The third-order valence-electron chi connectivity index (χ3n) is 2.91. The predicted molar refractivity (Wildman–Crippen MR) is 63.6 cm³/mol. The Kier molecular flexibility index (Phi) is 3.61. The van der Waals surface area contributed by atoms with Crippen LogP contribution in [0.5, 0.6) is 5.75 Å². The van der Waals surface area contributed by atoms with Gasteiger partial charge in [0.1, 0.15) is 5.75 Å². The zero-order valence-electron chi connectivity index (χ0n) is 9.32. The van der Waals surface area contributed by atoms with E-state index in [1.54, 1.807) is 18.4 Å². The van der Waals surface area contributed by atoms with Crippen molar-refractivity contribution in [3.05, 3.63) is 16.3 Å². The molecule has 0 radical (unpaired) electrons. The lowest BCUT2D eigenvalue weighted by atomic mass is 10.2. The lowest BCUT2D eigenvalue weighted by molar-refractivity contribution is 0.165. The zero-order valence-corrected chi connectivity index (χ0v) is 10.1. The summed E-state index contributed by atoms with van der Waals surface area (Å²) in [6.07, 6.45) is 0. The molecule has 0 bridgehead atoms. The van der Waals surface area contributed by atoms with Gasteiger partial charge < -0.3 is 10.1 Å². The Morgan fingerprint density at radius 3 is 3.27 bits per heavy atom. The minimum atomic E-state index is 0.616. The number of rotatable bonds is 3. The standard InChI is InChI=1S/C11H18N2OS/c1-9-7-12-4-5-13(9)8-11-10(14-2)3-6-15-11/h3,6,9,12H,4-5,7-8H2,1-2H3/t9-/m0/s1. The number of nitrogens with one attached hydrogen (secondary N) is 1. The van der Waals surface area contributed by atoms with Gasteiger partial charge in [0.2, 0.25) is 0 Å². The van der Waals surface area contributed by atoms with Crippen LogP contribution in [0.4, 0.5) is 0 Å². The summed E-state index contributed by atoms with van der Waals surface area (Å²) >= 11 is 1.78. The lowest BCUT2D eigenvalue weighted by Gasteiger charge is -2.33. The zero-order chi connectivity index (χ0) is 10.7. The molecule has 84 valence electrons. The molecule has 1 aromatic heterocycles. The SMILES string of the molecule is COc1ccsc1CN1CCNC[C@@H]1C. The van der Waals surface area contributed by atoms with E-state index in [1.807, 2.05) is 6.07 Å². The average Bonchev–Trinajstić information content (AvgIpc) is 2.69. The highest BCUT2D eigenvalue weighted by Gasteiger charge is 2.19. The van der Waals surface area contributed by atoms with Crippen LogP contribution < -0.4 is 10.1 Å². The van der Waals surface area contributed by atoms with Gasteiger partial charge in [-0.25, -0.2) is 0 Å². The number of hydrogen-bond acceptors (Lipinski definition) is 4. The van der Waals surface area contributed by atoms with Crippen LogP contribution in [-0.4, -0.2) is 37.7 Å². The first-order valence-corrected chi connectivity index (χ1v) is 6.24. The van der Waals surface area contributed by atoms with Gasteiger partial charge in [0.15, 0.2) is 0 Å². The number of methoxy groups -OCH3 is 1. The summed E-state index contributed by atoms with van der Waals surface area (Å²) in [5.41, 5.74) is 0. The molecular weight excluding hydrogens is 208 g/mol.